The molecule has 1 atom stereocenters. The number of ether oxygens (including phenoxy) is 1. The molecule has 1 amide bonds. The van der Waals surface area contributed by atoms with E-state index in [1.165, 1.54) is 6.07 Å². The number of hydrogen-bond donors (Lipinski definition) is 1. The molecule has 10 heteroatoms. The molecule has 2 aromatic carbocycles. The molecule has 39 heavy (non-hydrogen) atoms. The van der Waals surface area contributed by atoms with Gasteiger partial charge in [0.1, 0.15) is 17.4 Å². The molecule has 7 rings (SSSR count). The van der Waals surface area contributed by atoms with Crippen molar-refractivity contribution in [2.24, 2.45) is 5.73 Å². The summed E-state index contributed by atoms with van der Waals surface area (Å²) in [6.07, 6.45) is 4.02. The summed E-state index contributed by atoms with van der Waals surface area (Å²) < 4.78 is 24.5. The van der Waals surface area contributed by atoms with Crippen LogP contribution in [0.1, 0.15) is 34.6 Å². The Balaban J connectivity index is 1.39. The highest BCUT2D eigenvalue weighted by Gasteiger charge is 2.28. The van der Waals surface area contributed by atoms with Crippen molar-refractivity contribution in [1.82, 2.24) is 24.2 Å². The molecule has 1 unspecified atom stereocenters. The monoisotopic (exact) mass is 544 g/mol. The molecule has 0 saturated carbocycles. The van der Waals surface area contributed by atoms with Gasteiger partial charge in [0.25, 0.3) is 5.91 Å². The number of carbonyl (C=O) groups is 1. The van der Waals surface area contributed by atoms with E-state index in [1.54, 1.807) is 12.3 Å². The summed E-state index contributed by atoms with van der Waals surface area (Å²) >= 11 is 6.66. The Hall–Kier alpha value is -3.95. The highest BCUT2D eigenvalue weighted by atomic mass is 35.5. The van der Waals surface area contributed by atoms with Crippen LogP contribution in [0, 0.1) is 5.82 Å². The lowest BCUT2D eigenvalue weighted by molar-refractivity contribution is 0.0708. The van der Waals surface area contributed by atoms with Gasteiger partial charge in [-0.2, -0.15) is 5.10 Å². The van der Waals surface area contributed by atoms with Crippen LogP contribution in [0.5, 0.6) is 5.75 Å². The Kier molecular flexibility index (Phi) is 5.79. The fourth-order valence-electron chi connectivity index (χ4n) is 5.82. The van der Waals surface area contributed by atoms with Crippen LogP contribution in [0.2, 0.25) is 5.02 Å². The fraction of sp³-hybridized carbons (Fsp3) is 0.276. The van der Waals surface area contributed by atoms with E-state index in [0.29, 0.717) is 53.7 Å². The van der Waals surface area contributed by atoms with Gasteiger partial charge < -0.3 is 19.9 Å². The number of nitrogens with zero attached hydrogens (tertiary/aromatic N) is 5. The summed E-state index contributed by atoms with van der Waals surface area (Å²) in [5, 5.41) is 7.31. The van der Waals surface area contributed by atoms with Gasteiger partial charge in [-0.05, 0) is 49.2 Å². The van der Waals surface area contributed by atoms with Crippen molar-refractivity contribution in [3.8, 4) is 11.6 Å². The number of para-hydroxylation sites is 1. The SMILES string of the molecule is NC1CCCN(C(=O)c2cc3c4c(n(-c5cc6cccc(Cl)c6n5Cc5ncccc5F)nc4c2)CCO3)C1. The number of benzene rings is 2. The van der Waals surface area contributed by atoms with Crippen LogP contribution in [0.15, 0.2) is 54.7 Å². The summed E-state index contributed by atoms with van der Waals surface area (Å²) in [5.41, 5.74) is 9.37. The second kappa shape index (κ2) is 9.36. The van der Waals surface area contributed by atoms with E-state index < -0.39 is 0 Å². The second-order valence-electron chi connectivity index (χ2n) is 10.2. The van der Waals surface area contributed by atoms with E-state index >= 15 is 0 Å². The van der Waals surface area contributed by atoms with Crippen molar-refractivity contribution in [2.45, 2.75) is 31.8 Å². The standard InChI is InChI=1S/C29H26ClFN6O2/c30-20-6-1-4-17-14-26(36(28(17)20)16-23-21(31)7-2-9-33-23)37-24-8-11-39-25-13-18(12-22(34-37)27(24)25)29(38)35-10-3-5-19(32)15-35/h1-2,4,6-7,9,12-14,19H,3,5,8,10-11,15-16,32H2. The van der Waals surface area contributed by atoms with Gasteiger partial charge in [0.15, 0.2) is 0 Å². The van der Waals surface area contributed by atoms with Gasteiger partial charge >= 0.3 is 0 Å². The topological polar surface area (TPSA) is 91.2 Å². The Bertz CT molecular complexity index is 1760. The minimum Gasteiger partial charge on any atom is -0.492 e. The maximum absolute atomic E-state index is 14.7. The van der Waals surface area contributed by atoms with Crippen molar-refractivity contribution in [3.63, 3.8) is 0 Å². The van der Waals surface area contributed by atoms with Gasteiger partial charge in [-0.3, -0.25) is 9.78 Å². The Morgan fingerprint density at radius 1 is 1.21 bits per heavy atom. The zero-order chi connectivity index (χ0) is 26.7. The van der Waals surface area contributed by atoms with Crippen molar-refractivity contribution in [3.05, 3.63) is 82.5 Å². The van der Waals surface area contributed by atoms with Gasteiger partial charge in [0, 0.05) is 42.7 Å². The second-order valence-corrected chi connectivity index (χ2v) is 10.6. The lowest BCUT2D eigenvalue weighted by Gasteiger charge is -2.31. The molecule has 3 aromatic heterocycles. The quantitative estimate of drug-likeness (QED) is 0.354. The first-order chi connectivity index (χ1) is 19.0. The minimum absolute atomic E-state index is 0.00969. The van der Waals surface area contributed by atoms with Crippen molar-refractivity contribution in [1.29, 1.82) is 0 Å². The molecule has 5 aromatic rings. The Morgan fingerprint density at radius 2 is 2.10 bits per heavy atom. The summed E-state index contributed by atoms with van der Waals surface area (Å²) in [7, 11) is 0. The molecule has 5 heterocycles. The number of halogens is 2. The first kappa shape index (κ1) is 24.1. The van der Waals surface area contributed by atoms with E-state index in [2.05, 4.69) is 4.98 Å². The number of aromatic nitrogens is 4. The summed E-state index contributed by atoms with van der Waals surface area (Å²) in [6.45, 7) is 1.85. The van der Waals surface area contributed by atoms with Gasteiger partial charge in [0.05, 0.1) is 46.0 Å². The molecular formula is C29H26ClFN6O2. The highest BCUT2D eigenvalue weighted by Crippen LogP contribution is 2.37. The highest BCUT2D eigenvalue weighted by molar-refractivity contribution is 6.35. The predicted molar refractivity (Wildman–Crippen MR) is 147 cm³/mol. The molecule has 198 valence electrons. The number of fused-ring (bicyclic) bond motifs is 1. The number of pyridine rings is 1. The summed E-state index contributed by atoms with van der Waals surface area (Å²) in [4.78, 5) is 19.5. The number of piperidine rings is 1. The number of carbonyl (C=O) groups excluding carboxylic acids is 1. The van der Waals surface area contributed by atoms with Gasteiger partial charge in [-0.1, -0.05) is 23.7 Å². The van der Waals surface area contributed by atoms with Gasteiger partial charge in [-0.25, -0.2) is 9.07 Å². The molecular weight excluding hydrogens is 519 g/mol. The average molecular weight is 545 g/mol. The first-order valence-electron chi connectivity index (χ1n) is 13.1. The largest absolute Gasteiger partial charge is 0.492 e. The smallest absolute Gasteiger partial charge is 0.254 e. The van der Waals surface area contributed by atoms with E-state index in [9.17, 15) is 9.18 Å². The van der Waals surface area contributed by atoms with Crippen LogP contribution < -0.4 is 10.5 Å². The van der Waals surface area contributed by atoms with Crippen molar-refractivity contribution in [2.75, 3.05) is 19.7 Å². The lowest BCUT2D eigenvalue weighted by atomic mass is 10.0. The molecule has 8 nitrogen and oxygen atoms in total. The summed E-state index contributed by atoms with van der Waals surface area (Å²) in [6, 6.07) is 14.3. The number of hydrogen-bond acceptors (Lipinski definition) is 5. The van der Waals surface area contributed by atoms with E-state index in [4.69, 9.17) is 27.2 Å². The van der Waals surface area contributed by atoms with Crippen LogP contribution in [0.4, 0.5) is 4.39 Å². The first-order valence-corrected chi connectivity index (χ1v) is 13.5. The van der Waals surface area contributed by atoms with E-state index in [-0.39, 0.29) is 24.3 Å². The van der Waals surface area contributed by atoms with Crippen LogP contribution in [-0.2, 0) is 13.0 Å². The molecule has 1 saturated heterocycles. The number of amides is 1. The molecule has 0 bridgehead atoms. The zero-order valence-corrected chi connectivity index (χ0v) is 21.9. The predicted octanol–water partition coefficient (Wildman–Crippen LogP) is 4.71. The van der Waals surface area contributed by atoms with Crippen LogP contribution in [-0.4, -0.2) is 55.9 Å². The lowest BCUT2D eigenvalue weighted by Crippen LogP contribution is -2.45. The molecule has 0 radical (unpaired) electrons. The molecule has 2 aliphatic rings. The minimum atomic E-state index is -0.388. The third-order valence-electron chi connectivity index (χ3n) is 7.63. The van der Waals surface area contributed by atoms with Crippen LogP contribution in [0.25, 0.3) is 27.6 Å². The maximum Gasteiger partial charge on any atom is 0.254 e. The van der Waals surface area contributed by atoms with Gasteiger partial charge in [0.2, 0.25) is 0 Å². The Labute approximate surface area is 228 Å². The molecule has 2 aliphatic heterocycles. The van der Waals surface area contributed by atoms with E-state index in [1.807, 2.05) is 50.5 Å². The fourth-order valence-corrected chi connectivity index (χ4v) is 6.10. The average Bonchev–Trinajstić information content (AvgIpc) is 3.49. The molecule has 0 spiro atoms. The number of likely N-dealkylation sites (tertiary alicyclic amines) is 1. The maximum atomic E-state index is 14.7. The van der Waals surface area contributed by atoms with Crippen molar-refractivity contribution >= 4 is 39.3 Å². The van der Waals surface area contributed by atoms with Crippen LogP contribution >= 0.6 is 11.6 Å². The number of rotatable bonds is 4. The Morgan fingerprint density at radius 3 is 2.95 bits per heavy atom. The number of nitrogens with two attached hydrogens (primary N) is 1. The summed E-state index contributed by atoms with van der Waals surface area (Å²) in [5.74, 6) is 0.916. The van der Waals surface area contributed by atoms with Crippen LogP contribution in [0.3, 0.4) is 0 Å². The molecule has 0 aliphatic carbocycles. The third-order valence-corrected chi connectivity index (χ3v) is 7.94. The zero-order valence-electron chi connectivity index (χ0n) is 21.1. The normalized spacial score (nSPS) is 17.1. The molecule has 1 fully saturated rings. The molecule has 2 N–H and O–H groups in total. The van der Waals surface area contributed by atoms with Crippen molar-refractivity contribution < 1.29 is 13.9 Å². The van der Waals surface area contributed by atoms with E-state index in [0.717, 1.165) is 40.6 Å². The van der Waals surface area contributed by atoms with Gasteiger partial charge in [-0.15, -0.1) is 0 Å². The third kappa shape index (κ3) is 4.04.